The number of benzene rings is 3. The summed E-state index contributed by atoms with van der Waals surface area (Å²) in [5.41, 5.74) is 2.93. The molecule has 1 aliphatic rings. The number of hydrogen-bond donors (Lipinski definition) is 0. The average molecular weight is 647 g/mol. The van der Waals surface area contributed by atoms with E-state index in [-0.39, 0.29) is 24.9 Å². The summed E-state index contributed by atoms with van der Waals surface area (Å²) in [5.74, 6) is 1.31. The lowest BCUT2D eigenvalue weighted by atomic mass is 9.96. The predicted molar refractivity (Wildman–Crippen MR) is 176 cm³/mol. The third-order valence-electron chi connectivity index (χ3n) is 6.99. The maximum absolute atomic E-state index is 14.0. The minimum atomic E-state index is -0.713. The van der Waals surface area contributed by atoms with Crippen LogP contribution in [0.3, 0.4) is 0 Å². The highest BCUT2D eigenvalue weighted by Crippen LogP contribution is 2.33. The highest BCUT2D eigenvalue weighted by atomic mass is 35.5. The molecule has 4 aromatic rings. The van der Waals surface area contributed by atoms with Gasteiger partial charge in [-0.3, -0.25) is 9.36 Å². The lowest BCUT2D eigenvalue weighted by Crippen LogP contribution is -2.39. The first-order valence-electron chi connectivity index (χ1n) is 14.8. The highest BCUT2D eigenvalue weighted by molar-refractivity contribution is 7.07. The van der Waals surface area contributed by atoms with Gasteiger partial charge in [-0.05, 0) is 82.2 Å². The van der Waals surface area contributed by atoms with Crippen LogP contribution < -0.4 is 29.1 Å². The molecule has 0 spiro atoms. The number of halogens is 1. The molecule has 0 aliphatic carbocycles. The monoisotopic (exact) mass is 646 g/mol. The van der Waals surface area contributed by atoms with Crippen molar-refractivity contribution < 1.29 is 23.7 Å². The summed E-state index contributed by atoms with van der Waals surface area (Å²) in [7, 11) is 0. The van der Waals surface area contributed by atoms with E-state index in [2.05, 4.69) is 4.99 Å². The van der Waals surface area contributed by atoms with Crippen LogP contribution in [0.25, 0.3) is 6.08 Å². The number of hydrogen-bond acceptors (Lipinski definition) is 8. The number of carbonyl (C=O) groups excluding carboxylic acids is 1. The maximum Gasteiger partial charge on any atom is 0.338 e. The highest BCUT2D eigenvalue weighted by Gasteiger charge is 2.33. The third kappa shape index (κ3) is 7.16. The van der Waals surface area contributed by atoms with Gasteiger partial charge in [-0.15, -0.1) is 0 Å². The van der Waals surface area contributed by atoms with Crippen molar-refractivity contribution in [2.45, 2.75) is 53.4 Å². The molecule has 234 valence electrons. The first kappa shape index (κ1) is 32.1. The van der Waals surface area contributed by atoms with E-state index in [1.54, 1.807) is 24.5 Å². The Bertz CT molecular complexity index is 1910. The second kappa shape index (κ2) is 14.2. The van der Waals surface area contributed by atoms with Crippen LogP contribution in [0.2, 0.25) is 5.02 Å². The third-order valence-corrected chi connectivity index (χ3v) is 8.34. The van der Waals surface area contributed by atoms with Crippen molar-refractivity contribution in [2.24, 2.45) is 4.99 Å². The fourth-order valence-electron chi connectivity index (χ4n) is 5.03. The van der Waals surface area contributed by atoms with Gasteiger partial charge in [-0.2, -0.15) is 0 Å². The van der Waals surface area contributed by atoms with Crippen LogP contribution in [-0.2, 0) is 16.1 Å². The van der Waals surface area contributed by atoms with Gasteiger partial charge in [-0.1, -0.05) is 59.3 Å². The smallest absolute Gasteiger partial charge is 0.338 e. The van der Waals surface area contributed by atoms with Gasteiger partial charge >= 0.3 is 5.97 Å². The molecule has 0 amide bonds. The lowest BCUT2D eigenvalue weighted by molar-refractivity contribution is -0.139. The van der Waals surface area contributed by atoms with Crippen molar-refractivity contribution in [2.75, 3.05) is 13.2 Å². The Kier molecular flexibility index (Phi) is 10.1. The zero-order valence-corrected chi connectivity index (χ0v) is 27.4. The molecule has 1 atom stereocenters. The molecule has 0 bridgehead atoms. The molecule has 3 aromatic carbocycles. The number of fused-ring (bicyclic) bond motifs is 1. The molecular formula is C35H35ClN2O6S. The second-order valence-corrected chi connectivity index (χ2v) is 12.0. The van der Waals surface area contributed by atoms with Crippen molar-refractivity contribution in [3.05, 3.63) is 119 Å². The number of ether oxygens (including phenoxy) is 4. The predicted octanol–water partition coefficient (Wildman–Crippen LogP) is 6.22. The van der Waals surface area contributed by atoms with E-state index in [1.165, 1.54) is 11.3 Å². The molecule has 1 aliphatic heterocycles. The Morgan fingerprint density at radius 1 is 1.02 bits per heavy atom. The number of nitrogens with zero attached hydrogens (tertiary/aromatic N) is 2. The number of rotatable bonds is 11. The van der Waals surface area contributed by atoms with E-state index < -0.39 is 12.0 Å². The summed E-state index contributed by atoms with van der Waals surface area (Å²) in [5, 5.41) is 0.627. The van der Waals surface area contributed by atoms with E-state index in [4.69, 9.17) is 30.5 Å². The quantitative estimate of drug-likeness (QED) is 0.180. The van der Waals surface area contributed by atoms with Crippen LogP contribution >= 0.6 is 22.9 Å². The number of allylic oxidation sites excluding steroid dienone is 1. The van der Waals surface area contributed by atoms with Crippen LogP contribution in [0.5, 0.6) is 17.2 Å². The van der Waals surface area contributed by atoms with Crippen molar-refractivity contribution in [3.63, 3.8) is 0 Å². The number of aromatic nitrogens is 1. The van der Waals surface area contributed by atoms with E-state index in [0.717, 1.165) is 16.7 Å². The van der Waals surface area contributed by atoms with E-state index in [0.29, 0.717) is 49.5 Å². The fourth-order valence-corrected chi connectivity index (χ4v) is 6.27. The molecule has 45 heavy (non-hydrogen) atoms. The standard InChI is InChI=1S/C35H35ClN2O6S/c1-6-41-29-18-23(12-17-28(29)43-20-25-10-8-9-11-27(25)36)19-30-33(39)38-32(24-13-15-26(16-14-24)44-21(3)4)31(34(40)42-7-2)22(5)37-35(38)45-30/h8-19,21,32H,6-7,20H2,1-5H3/b30-19-/t32-/m0/s1. The molecule has 0 fully saturated rings. The zero-order valence-electron chi connectivity index (χ0n) is 25.8. The number of thiazole rings is 1. The average Bonchev–Trinajstić information content (AvgIpc) is 3.31. The topological polar surface area (TPSA) is 88.4 Å². The summed E-state index contributed by atoms with van der Waals surface area (Å²) in [6.45, 7) is 10.2. The normalized spacial score (nSPS) is 14.6. The molecule has 8 nitrogen and oxygen atoms in total. The van der Waals surface area contributed by atoms with Gasteiger partial charge in [0, 0.05) is 10.6 Å². The maximum atomic E-state index is 14.0. The van der Waals surface area contributed by atoms with Gasteiger partial charge in [0.05, 0.1) is 41.2 Å². The molecule has 10 heteroatoms. The molecule has 0 saturated heterocycles. The Balaban J connectivity index is 1.55. The van der Waals surface area contributed by atoms with Crippen LogP contribution in [0, 0.1) is 0 Å². The molecule has 2 heterocycles. The first-order valence-corrected chi connectivity index (χ1v) is 16.0. The Hall–Kier alpha value is -4.34. The molecule has 5 rings (SSSR count). The Labute approximate surface area is 270 Å². The van der Waals surface area contributed by atoms with E-state index in [1.807, 2.05) is 87.5 Å². The summed E-state index contributed by atoms with van der Waals surface area (Å²) in [6, 6.07) is 19.7. The molecule has 0 radical (unpaired) electrons. The van der Waals surface area contributed by atoms with Crippen LogP contribution in [-0.4, -0.2) is 29.9 Å². The molecule has 0 N–H and O–H groups in total. The van der Waals surface area contributed by atoms with Crippen molar-refractivity contribution >= 4 is 35.0 Å². The minimum Gasteiger partial charge on any atom is -0.491 e. The van der Waals surface area contributed by atoms with E-state index >= 15 is 0 Å². The minimum absolute atomic E-state index is 0.0111. The summed E-state index contributed by atoms with van der Waals surface area (Å²) in [6.07, 6.45) is 1.81. The lowest BCUT2D eigenvalue weighted by Gasteiger charge is -2.25. The summed E-state index contributed by atoms with van der Waals surface area (Å²) in [4.78, 5) is 32.4. The number of esters is 1. The van der Waals surface area contributed by atoms with Crippen LogP contribution in [0.15, 0.2) is 87.8 Å². The van der Waals surface area contributed by atoms with Crippen LogP contribution in [0.4, 0.5) is 0 Å². The van der Waals surface area contributed by atoms with Gasteiger partial charge < -0.3 is 18.9 Å². The summed E-state index contributed by atoms with van der Waals surface area (Å²) >= 11 is 7.56. The Morgan fingerprint density at radius 2 is 1.78 bits per heavy atom. The van der Waals surface area contributed by atoms with Gasteiger partial charge in [0.2, 0.25) is 0 Å². The fraction of sp³-hybridized carbons (Fsp3) is 0.286. The van der Waals surface area contributed by atoms with E-state index in [9.17, 15) is 9.59 Å². The first-order chi connectivity index (χ1) is 21.7. The zero-order chi connectivity index (χ0) is 32.1. The van der Waals surface area contributed by atoms with Gasteiger partial charge in [0.1, 0.15) is 12.4 Å². The molecule has 1 aromatic heterocycles. The second-order valence-electron chi connectivity index (χ2n) is 10.6. The molecule has 0 unspecified atom stereocenters. The van der Waals surface area contributed by atoms with Crippen molar-refractivity contribution in [1.82, 2.24) is 4.57 Å². The van der Waals surface area contributed by atoms with Crippen LogP contribution in [0.1, 0.15) is 57.4 Å². The molecule has 0 saturated carbocycles. The Morgan fingerprint density at radius 3 is 2.47 bits per heavy atom. The summed E-state index contributed by atoms with van der Waals surface area (Å²) < 4.78 is 25.2. The van der Waals surface area contributed by atoms with Crippen molar-refractivity contribution in [3.8, 4) is 17.2 Å². The van der Waals surface area contributed by atoms with Gasteiger partial charge in [0.25, 0.3) is 5.56 Å². The largest absolute Gasteiger partial charge is 0.491 e. The van der Waals surface area contributed by atoms with Gasteiger partial charge in [0.15, 0.2) is 16.3 Å². The molecular weight excluding hydrogens is 612 g/mol. The van der Waals surface area contributed by atoms with Crippen molar-refractivity contribution in [1.29, 1.82) is 0 Å². The van der Waals surface area contributed by atoms with Gasteiger partial charge in [-0.25, -0.2) is 9.79 Å². The number of carbonyl (C=O) groups is 1. The SMILES string of the molecule is CCOC(=O)C1=C(C)N=c2s/c(=C\c3ccc(OCc4ccccc4Cl)c(OCC)c3)c(=O)n2[C@H]1c1ccc(OC(C)C)cc1.